The number of rotatable bonds is 6. The standard InChI is InChI=1S/C26H24FN3O3S/c1-16-4-13-22(17(2)14-16)34-21-11-9-20(10-12-21)28-23(31)15-30-24(32)26(3,29-25(30)33)18-5-7-19(27)8-6-18/h4-14H,15H2,1-3H3,(H,28,31)(H,29,33). The lowest BCUT2D eigenvalue weighted by atomic mass is 9.92. The zero-order valence-corrected chi connectivity index (χ0v) is 19.8. The minimum atomic E-state index is -1.36. The summed E-state index contributed by atoms with van der Waals surface area (Å²) >= 11 is 1.63. The van der Waals surface area contributed by atoms with E-state index in [1.807, 2.05) is 12.1 Å². The summed E-state index contributed by atoms with van der Waals surface area (Å²) in [4.78, 5) is 41.0. The van der Waals surface area contributed by atoms with E-state index < -0.39 is 35.7 Å². The molecular formula is C26H24FN3O3S. The van der Waals surface area contributed by atoms with E-state index in [2.05, 4.69) is 42.7 Å². The predicted octanol–water partition coefficient (Wildman–Crippen LogP) is 5.00. The van der Waals surface area contributed by atoms with E-state index in [0.29, 0.717) is 11.3 Å². The molecule has 2 N–H and O–H groups in total. The van der Waals surface area contributed by atoms with Crippen LogP contribution in [0.15, 0.2) is 76.5 Å². The zero-order chi connectivity index (χ0) is 24.5. The summed E-state index contributed by atoms with van der Waals surface area (Å²) in [5, 5.41) is 5.33. The van der Waals surface area contributed by atoms with Crippen LogP contribution in [0.25, 0.3) is 0 Å². The van der Waals surface area contributed by atoms with Crippen LogP contribution < -0.4 is 10.6 Å². The van der Waals surface area contributed by atoms with Gasteiger partial charge in [0.25, 0.3) is 5.91 Å². The Labute approximate surface area is 201 Å². The first-order valence-corrected chi connectivity index (χ1v) is 11.5. The molecule has 34 heavy (non-hydrogen) atoms. The first-order chi connectivity index (χ1) is 16.2. The smallest absolute Gasteiger partial charge is 0.325 e. The van der Waals surface area contributed by atoms with Gasteiger partial charge in [-0.1, -0.05) is 41.6 Å². The molecule has 0 radical (unpaired) electrons. The molecular weight excluding hydrogens is 453 g/mol. The molecule has 1 heterocycles. The van der Waals surface area contributed by atoms with E-state index in [1.54, 1.807) is 23.9 Å². The molecule has 4 rings (SSSR count). The summed E-state index contributed by atoms with van der Waals surface area (Å²) in [5.74, 6) is -1.51. The summed E-state index contributed by atoms with van der Waals surface area (Å²) in [5.41, 5.74) is 2.04. The van der Waals surface area contributed by atoms with Crippen molar-refractivity contribution in [1.82, 2.24) is 10.2 Å². The van der Waals surface area contributed by atoms with Crippen LogP contribution in [-0.2, 0) is 15.1 Å². The Balaban J connectivity index is 1.39. The highest BCUT2D eigenvalue weighted by Gasteiger charge is 2.49. The van der Waals surface area contributed by atoms with Gasteiger partial charge in [0.2, 0.25) is 5.91 Å². The van der Waals surface area contributed by atoms with Crippen molar-refractivity contribution in [3.05, 3.63) is 89.2 Å². The summed E-state index contributed by atoms with van der Waals surface area (Å²) in [6.45, 7) is 5.23. The Hall–Kier alpha value is -3.65. The molecule has 0 aliphatic carbocycles. The molecule has 1 aliphatic heterocycles. The highest BCUT2D eigenvalue weighted by atomic mass is 32.2. The zero-order valence-electron chi connectivity index (χ0n) is 19.0. The van der Waals surface area contributed by atoms with Crippen LogP contribution >= 0.6 is 11.8 Å². The molecule has 3 aromatic rings. The number of carbonyl (C=O) groups is 3. The normalized spacial score (nSPS) is 17.6. The maximum atomic E-state index is 13.3. The molecule has 6 nitrogen and oxygen atoms in total. The predicted molar refractivity (Wildman–Crippen MR) is 129 cm³/mol. The Kier molecular flexibility index (Phi) is 6.43. The van der Waals surface area contributed by atoms with Gasteiger partial charge >= 0.3 is 6.03 Å². The van der Waals surface area contributed by atoms with Gasteiger partial charge in [-0.05, 0) is 74.4 Å². The van der Waals surface area contributed by atoms with Crippen molar-refractivity contribution in [3.8, 4) is 0 Å². The summed E-state index contributed by atoms with van der Waals surface area (Å²) in [6, 6.07) is 18.3. The van der Waals surface area contributed by atoms with Crippen LogP contribution in [0.1, 0.15) is 23.6 Å². The molecule has 4 amide bonds. The minimum absolute atomic E-state index is 0.430. The minimum Gasteiger partial charge on any atom is -0.325 e. The number of urea groups is 1. The van der Waals surface area contributed by atoms with Crippen LogP contribution in [0.4, 0.5) is 14.9 Å². The molecule has 8 heteroatoms. The van der Waals surface area contributed by atoms with Gasteiger partial charge in [0.1, 0.15) is 17.9 Å². The van der Waals surface area contributed by atoms with Crippen LogP contribution in [0.3, 0.4) is 0 Å². The molecule has 1 fully saturated rings. The third-order valence-electron chi connectivity index (χ3n) is 5.69. The Morgan fingerprint density at radius 2 is 1.71 bits per heavy atom. The van der Waals surface area contributed by atoms with Crippen molar-refractivity contribution < 1.29 is 18.8 Å². The average Bonchev–Trinajstić information content (AvgIpc) is 3.01. The number of amides is 4. The largest absolute Gasteiger partial charge is 0.325 e. The van der Waals surface area contributed by atoms with Crippen LogP contribution in [0.5, 0.6) is 0 Å². The SMILES string of the molecule is Cc1ccc(Sc2ccc(NC(=O)CN3C(=O)NC(C)(c4ccc(F)cc4)C3=O)cc2)c(C)c1. The van der Waals surface area contributed by atoms with E-state index >= 15 is 0 Å². The van der Waals surface area contributed by atoms with Crippen molar-refractivity contribution in [1.29, 1.82) is 0 Å². The number of nitrogens with zero attached hydrogens (tertiary/aromatic N) is 1. The maximum absolute atomic E-state index is 13.3. The van der Waals surface area contributed by atoms with E-state index in [-0.39, 0.29) is 0 Å². The second-order valence-corrected chi connectivity index (χ2v) is 9.51. The van der Waals surface area contributed by atoms with Gasteiger partial charge in [-0.2, -0.15) is 0 Å². The lowest BCUT2D eigenvalue weighted by Gasteiger charge is -2.22. The molecule has 3 aromatic carbocycles. The van der Waals surface area contributed by atoms with Crippen molar-refractivity contribution in [2.75, 3.05) is 11.9 Å². The average molecular weight is 478 g/mol. The van der Waals surface area contributed by atoms with E-state index in [4.69, 9.17) is 0 Å². The van der Waals surface area contributed by atoms with Gasteiger partial charge in [0.05, 0.1) is 0 Å². The quantitative estimate of drug-likeness (QED) is 0.490. The molecule has 0 spiro atoms. The van der Waals surface area contributed by atoms with Crippen LogP contribution in [0.2, 0.25) is 0 Å². The first kappa shape index (κ1) is 23.5. The number of halogens is 1. The number of hydrogen-bond donors (Lipinski definition) is 2. The molecule has 0 saturated carbocycles. The molecule has 0 bridgehead atoms. The Bertz CT molecular complexity index is 1260. The molecule has 1 unspecified atom stereocenters. The van der Waals surface area contributed by atoms with Crippen LogP contribution in [0, 0.1) is 19.7 Å². The highest BCUT2D eigenvalue weighted by molar-refractivity contribution is 7.99. The second-order valence-electron chi connectivity index (χ2n) is 8.40. The molecule has 1 aliphatic rings. The fourth-order valence-corrected chi connectivity index (χ4v) is 4.69. The van der Waals surface area contributed by atoms with Gasteiger partial charge in [-0.15, -0.1) is 0 Å². The maximum Gasteiger partial charge on any atom is 0.325 e. The van der Waals surface area contributed by atoms with Crippen LogP contribution in [-0.4, -0.2) is 29.3 Å². The molecule has 1 saturated heterocycles. The number of imide groups is 1. The number of aryl methyl sites for hydroxylation is 2. The summed E-state index contributed by atoms with van der Waals surface area (Å²) < 4.78 is 13.3. The van der Waals surface area contributed by atoms with Gasteiger partial charge in [-0.3, -0.25) is 14.5 Å². The number of hydrogen-bond acceptors (Lipinski definition) is 4. The number of benzene rings is 3. The Morgan fingerprint density at radius 3 is 2.35 bits per heavy atom. The lowest BCUT2D eigenvalue weighted by molar-refractivity contribution is -0.133. The van der Waals surface area contributed by atoms with E-state index in [0.717, 1.165) is 14.7 Å². The van der Waals surface area contributed by atoms with Crippen molar-refractivity contribution in [2.45, 2.75) is 36.1 Å². The van der Waals surface area contributed by atoms with Gasteiger partial charge in [-0.25, -0.2) is 9.18 Å². The summed E-state index contributed by atoms with van der Waals surface area (Å²) in [7, 11) is 0. The molecule has 0 aromatic heterocycles. The monoisotopic (exact) mass is 477 g/mol. The van der Waals surface area contributed by atoms with Crippen molar-refractivity contribution >= 4 is 35.3 Å². The van der Waals surface area contributed by atoms with E-state index in [9.17, 15) is 18.8 Å². The first-order valence-electron chi connectivity index (χ1n) is 10.7. The second kappa shape index (κ2) is 9.30. The lowest BCUT2D eigenvalue weighted by Crippen LogP contribution is -2.42. The van der Waals surface area contributed by atoms with Crippen molar-refractivity contribution in [3.63, 3.8) is 0 Å². The van der Waals surface area contributed by atoms with Gasteiger partial charge in [0, 0.05) is 15.5 Å². The topological polar surface area (TPSA) is 78.5 Å². The third kappa shape index (κ3) is 4.82. The van der Waals surface area contributed by atoms with Gasteiger partial charge < -0.3 is 10.6 Å². The molecule has 1 atom stereocenters. The number of carbonyl (C=O) groups excluding carboxylic acids is 3. The number of anilines is 1. The molecule has 174 valence electrons. The van der Waals surface area contributed by atoms with Gasteiger partial charge in [0.15, 0.2) is 0 Å². The fraction of sp³-hybridized carbons (Fsp3) is 0.192. The fourth-order valence-electron chi connectivity index (χ4n) is 3.81. The highest BCUT2D eigenvalue weighted by Crippen LogP contribution is 2.32. The number of nitrogens with one attached hydrogen (secondary N) is 2. The third-order valence-corrected chi connectivity index (χ3v) is 6.88. The Morgan fingerprint density at radius 1 is 1.03 bits per heavy atom. The van der Waals surface area contributed by atoms with Crippen molar-refractivity contribution in [2.24, 2.45) is 0 Å². The van der Waals surface area contributed by atoms with E-state index in [1.165, 1.54) is 42.3 Å². The summed E-state index contributed by atoms with van der Waals surface area (Å²) in [6.07, 6.45) is 0.